The fourth-order valence-electron chi connectivity index (χ4n) is 4.13. The third-order valence-electron chi connectivity index (χ3n) is 5.84. The normalized spacial score (nSPS) is 16.2. The molecule has 3 heterocycles. The summed E-state index contributed by atoms with van der Waals surface area (Å²) >= 11 is 0. The third-order valence-corrected chi connectivity index (χ3v) is 7.15. The van der Waals surface area contributed by atoms with E-state index in [0.29, 0.717) is 25.9 Å². The summed E-state index contributed by atoms with van der Waals surface area (Å²) < 4.78 is 67.1. The molecule has 0 bridgehead atoms. The average Bonchev–Trinajstić information content (AvgIpc) is 3.17. The van der Waals surface area contributed by atoms with E-state index in [1.165, 1.54) is 10.5 Å². The molecule has 1 amide bonds. The van der Waals surface area contributed by atoms with Gasteiger partial charge in [-0.25, -0.2) is 17.2 Å². The molecule has 0 unspecified atom stereocenters. The van der Waals surface area contributed by atoms with Crippen molar-refractivity contribution in [2.45, 2.75) is 31.5 Å². The second kappa shape index (κ2) is 8.79. The molecule has 3 aromatic rings. The zero-order valence-electron chi connectivity index (χ0n) is 17.8. The molecule has 0 saturated carbocycles. The predicted molar refractivity (Wildman–Crippen MR) is 116 cm³/mol. The minimum atomic E-state index is -4.80. The smallest absolute Gasteiger partial charge is 0.348 e. The number of carbonyl (C=O) groups excluding carboxylic acids is 1. The van der Waals surface area contributed by atoms with Gasteiger partial charge in [-0.15, -0.1) is 0 Å². The molecule has 1 N–H and O–H groups in total. The first kappa shape index (κ1) is 23.2. The van der Waals surface area contributed by atoms with E-state index in [9.17, 15) is 26.4 Å². The van der Waals surface area contributed by atoms with Gasteiger partial charge in [0, 0.05) is 25.8 Å². The number of piperidine rings is 1. The Bertz CT molecular complexity index is 1270. The van der Waals surface area contributed by atoms with Gasteiger partial charge in [0.1, 0.15) is 0 Å². The van der Waals surface area contributed by atoms with Crippen LogP contribution < -0.4 is 5.32 Å². The van der Waals surface area contributed by atoms with Gasteiger partial charge < -0.3 is 5.32 Å². The lowest BCUT2D eigenvalue weighted by atomic mass is 9.90. The molecule has 11 heteroatoms. The largest absolute Gasteiger partial charge is 0.436 e. The van der Waals surface area contributed by atoms with Crippen molar-refractivity contribution in [2.24, 2.45) is 0 Å². The molecule has 1 aromatic carbocycles. The number of fused-ring (bicyclic) bond motifs is 1. The van der Waals surface area contributed by atoms with Gasteiger partial charge >= 0.3 is 6.18 Å². The maximum atomic E-state index is 13.7. The first-order valence-electron chi connectivity index (χ1n) is 10.4. The maximum absolute atomic E-state index is 13.7. The Morgan fingerprint density at radius 1 is 1.15 bits per heavy atom. The Morgan fingerprint density at radius 2 is 1.82 bits per heavy atom. The highest BCUT2D eigenvalue weighted by atomic mass is 32.2. The first-order valence-corrected chi connectivity index (χ1v) is 12.3. The third kappa shape index (κ3) is 5.03. The van der Waals surface area contributed by atoms with Crippen LogP contribution in [0.25, 0.3) is 5.52 Å². The summed E-state index contributed by atoms with van der Waals surface area (Å²) in [6.45, 7) is 0.760. The van der Waals surface area contributed by atoms with Crippen LogP contribution in [0, 0.1) is 0 Å². The summed E-state index contributed by atoms with van der Waals surface area (Å²) in [6, 6.07) is 12.1. The number of carbonyl (C=O) groups is 1. The van der Waals surface area contributed by atoms with Gasteiger partial charge in [0.2, 0.25) is 10.0 Å². The first-order chi connectivity index (χ1) is 15.5. The number of sulfonamides is 1. The number of aromatic nitrogens is 2. The zero-order valence-corrected chi connectivity index (χ0v) is 18.7. The number of benzene rings is 1. The molecule has 7 nitrogen and oxygen atoms in total. The Kier molecular flexibility index (Phi) is 6.19. The number of hydrogen-bond donors (Lipinski definition) is 1. The van der Waals surface area contributed by atoms with E-state index < -0.39 is 33.4 Å². The summed E-state index contributed by atoms with van der Waals surface area (Å²) in [5.41, 5.74) is -0.183. The molecule has 4 rings (SSSR count). The van der Waals surface area contributed by atoms with Crippen LogP contribution in [0.2, 0.25) is 0 Å². The molecule has 1 fully saturated rings. The van der Waals surface area contributed by atoms with E-state index in [0.717, 1.165) is 21.9 Å². The average molecular weight is 481 g/mol. The van der Waals surface area contributed by atoms with E-state index in [1.54, 1.807) is 42.5 Å². The minimum Gasteiger partial charge on any atom is -0.348 e. The molecular formula is C22H23F3N4O3S. The molecule has 0 radical (unpaired) electrons. The van der Waals surface area contributed by atoms with E-state index in [4.69, 9.17) is 0 Å². The monoisotopic (exact) mass is 480 g/mol. The summed E-state index contributed by atoms with van der Waals surface area (Å²) in [7, 11) is -3.29. The van der Waals surface area contributed by atoms with E-state index in [1.807, 2.05) is 0 Å². The minimum absolute atomic E-state index is 0.0301. The van der Waals surface area contributed by atoms with E-state index >= 15 is 0 Å². The number of nitrogens with one attached hydrogen (secondary N) is 1. The highest BCUT2D eigenvalue weighted by Crippen LogP contribution is 2.35. The number of nitrogens with zero attached hydrogens (tertiary/aromatic N) is 3. The fraction of sp³-hybridized carbons (Fsp3) is 0.364. The van der Waals surface area contributed by atoms with Crippen molar-refractivity contribution in [1.82, 2.24) is 19.2 Å². The topological polar surface area (TPSA) is 83.8 Å². The zero-order chi connectivity index (χ0) is 23.8. The van der Waals surface area contributed by atoms with Crippen LogP contribution in [0.5, 0.6) is 0 Å². The van der Waals surface area contributed by atoms with Crippen molar-refractivity contribution in [3.8, 4) is 0 Å². The Balaban J connectivity index is 1.65. The second-order valence-electron chi connectivity index (χ2n) is 8.12. The second-order valence-corrected chi connectivity index (χ2v) is 10.1. The standard InChI is InChI=1S/C22H23F3N4O3S/c1-33(31,32)28-10-7-16(8-11-28)17-9-12-29-18(13-17)19(20(27-29)22(23,24)25)21(30)26-14-15-5-3-2-4-6-15/h2-6,9,12-13,16H,7-8,10-11,14H2,1H3,(H,26,30). The van der Waals surface area contributed by atoms with Crippen LogP contribution in [0.15, 0.2) is 48.7 Å². The molecular weight excluding hydrogens is 457 g/mol. The van der Waals surface area contributed by atoms with Gasteiger partial charge in [0.15, 0.2) is 5.69 Å². The lowest BCUT2D eigenvalue weighted by Gasteiger charge is -2.30. The number of pyridine rings is 1. The van der Waals surface area contributed by atoms with Gasteiger partial charge in [-0.3, -0.25) is 4.79 Å². The van der Waals surface area contributed by atoms with Gasteiger partial charge in [-0.2, -0.15) is 18.3 Å². The van der Waals surface area contributed by atoms with Crippen molar-refractivity contribution in [2.75, 3.05) is 19.3 Å². The van der Waals surface area contributed by atoms with Crippen LogP contribution in [-0.2, 0) is 22.7 Å². The summed E-state index contributed by atoms with van der Waals surface area (Å²) in [5.74, 6) is -0.886. The van der Waals surface area contributed by atoms with Crippen molar-refractivity contribution in [3.63, 3.8) is 0 Å². The molecule has 176 valence electrons. The predicted octanol–water partition coefficient (Wildman–Crippen LogP) is 3.42. The van der Waals surface area contributed by atoms with E-state index in [-0.39, 0.29) is 18.0 Å². The number of halogens is 3. The van der Waals surface area contributed by atoms with Gasteiger partial charge in [-0.1, -0.05) is 30.3 Å². The van der Waals surface area contributed by atoms with Crippen molar-refractivity contribution in [3.05, 3.63) is 71.0 Å². The van der Waals surface area contributed by atoms with Gasteiger partial charge in [0.25, 0.3) is 5.91 Å². The Hall–Kier alpha value is -2.92. The van der Waals surface area contributed by atoms with Crippen LogP contribution in [-0.4, -0.2) is 47.6 Å². The molecule has 0 spiro atoms. The van der Waals surface area contributed by atoms with Crippen molar-refractivity contribution >= 4 is 21.4 Å². The molecule has 33 heavy (non-hydrogen) atoms. The van der Waals surface area contributed by atoms with Crippen LogP contribution >= 0.6 is 0 Å². The van der Waals surface area contributed by atoms with Gasteiger partial charge in [-0.05, 0) is 42.0 Å². The quantitative estimate of drug-likeness (QED) is 0.607. The highest BCUT2D eigenvalue weighted by molar-refractivity contribution is 7.88. The summed E-state index contributed by atoms with van der Waals surface area (Å²) in [5, 5.41) is 6.20. The molecule has 0 atom stereocenters. The fourth-order valence-corrected chi connectivity index (χ4v) is 5.00. The van der Waals surface area contributed by atoms with Crippen LogP contribution in [0.1, 0.15) is 45.9 Å². The Labute approximate surface area is 189 Å². The lowest BCUT2D eigenvalue weighted by Crippen LogP contribution is -2.37. The number of alkyl halides is 3. The SMILES string of the molecule is CS(=O)(=O)N1CCC(c2ccn3nc(C(F)(F)F)c(C(=O)NCc4ccccc4)c3c2)CC1. The molecule has 1 saturated heterocycles. The van der Waals surface area contributed by atoms with Crippen LogP contribution in [0.3, 0.4) is 0 Å². The number of amides is 1. The summed E-state index contributed by atoms with van der Waals surface area (Å²) in [6.07, 6.45) is -1.15. The summed E-state index contributed by atoms with van der Waals surface area (Å²) in [4.78, 5) is 12.9. The van der Waals surface area contributed by atoms with Crippen molar-refractivity contribution < 1.29 is 26.4 Å². The molecule has 2 aromatic heterocycles. The Morgan fingerprint density at radius 3 is 2.42 bits per heavy atom. The van der Waals surface area contributed by atoms with Gasteiger partial charge in [0.05, 0.1) is 17.3 Å². The lowest BCUT2D eigenvalue weighted by molar-refractivity contribution is -0.141. The molecule has 0 aliphatic carbocycles. The van der Waals surface area contributed by atoms with Crippen molar-refractivity contribution in [1.29, 1.82) is 0 Å². The van der Waals surface area contributed by atoms with E-state index in [2.05, 4.69) is 10.4 Å². The number of rotatable bonds is 5. The molecule has 1 aliphatic heterocycles. The molecule has 1 aliphatic rings. The maximum Gasteiger partial charge on any atom is 0.436 e. The highest BCUT2D eigenvalue weighted by Gasteiger charge is 2.40. The number of hydrogen-bond acceptors (Lipinski definition) is 4. The van der Waals surface area contributed by atoms with Crippen LogP contribution in [0.4, 0.5) is 13.2 Å².